The van der Waals surface area contributed by atoms with E-state index in [-0.39, 0.29) is 0 Å². The van der Waals surface area contributed by atoms with Gasteiger partial charge in [-0.05, 0) is 66.7 Å². The van der Waals surface area contributed by atoms with Crippen molar-refractivity contribution >= 4 is 66.7 Å². The van der Waals surface area contributed by atoms with Gasteiger partial charge in [-0.1, -0.05) is 38.5 Å². The van der Waals surface area contributed by atoms with Gasteiger partial charge in [0.05, 0.1) is 0 Å². The molecule has 118 valence electrons. The zero-order chi connectivity index (χ0) is 15.7. The van der Waals surface area contributed by atoms with Crippen molar-refractivity contribution in [2.75, 3.05) is 0 Å². The van der Waals surface area contributed by atoms with E-state index in [1.807, 2.05) is 0 Å². The SMILES string of the molecule is C1CCCCC1.FC(Cl)(Cl)Cl.FC(F)(F)C(F)(Br)Br. The van der Waals surface area contributed by atoms with Crippen molar-refractivity contribution in [2.45, 2.75) is 52.2 Å². The minimum atomic E-state index is -4.90. The Hall–Kier alpha value is 1.48. The normalized spacial score (nSPS) is 16.7. The van der Waals surface area contributed by atoms with E-state index in [4.69, 9.17) is 0 Å². The van der Waals surface area contributed by atoms with Crippen molar-refractivity contribution in [3.05, 3.63) is 0 Å². The summed E-state index contributed by atoms with van der Waals surface area (Å²) in [5.41, 5.74) is 0. The first-order valence-corrected chi connectivity index (χ1v) is 7.86. The average molecular weight is 481 g/mol. The molecule has 0 heterocycles. The lowest BCUT2D eigenvalue weighted by Crippen LogP contribution is -2.27. The van der Waals surface area contributed by atoms with Crippen LogP contribution in [-0.4, -0.2) is 13.7 Å². The van der Waals surface area contributed by atoms with E-state index >= 15 is 0 Å². The standard InChI is InChI=1S/C6H12.C2Br2F4.CCl3F/c1-2-4-6-5-3-1;3-1(4,5)2(6,7)8;2-1(3,4)5/h1-6H2;;. The van der Waals surface area contributed by atoms with Crippen LogP contribution >= 0.6 is 66.7 Å². The van der Waals surface area contributed by atoms with Gasteiger partial charge in [-0.15, -0.1) is 0 Å². The molecule has 0 aromatic carbocycles. The number of rotatable bonds is 0. The summed E-state index contributed by atoms with van der Waals surface area (Å²) in [4.78, 5) is 0. The summed E-state index contributed by atoms with van der Waals surface area (Å²) in [7, 11) is 0. The maximum absolute atomic E-state index is 11.6. The van der Waals surface area contributed by atoms with E-state index < -0.39 is 13.7 Å². The Morgan fingerprint density at radius 1 is 0.632 bits per heavy atom. The summed E-state index contributed by atoms with van der Waals surface area (Å²) in [5.74, 6) is 0. The van der Waals surface area contributed by atoms with Gasteiger partial charge < -0.3 is 0 Å². The number of alkyl halides is 10. The summed E-state index contributed by atoms with van der Waals surface area (Å²) >= 11 is 16.6. The molecule has 0 N–H and O–H groups in total. The highest BCUT2D eigenvalue weighted by Crippen LogP contribution is 2.43. The molecule has 0 atom stereocenters. The lowest BCUT2D eigenvalue weighted by atomic mass is 10.0. The van der Waals surface area contributed by atoms with Crippen LogP contribution in [0.2, 0.25) is 0 Å². The molecule has 19 heavy (non-hydrogen) atoms. The zero-order valence-corrected chi connectivity index (χ0v) is 15.0. The number of hydrogen-bond donors (Lipinski definition) is 0. The lowest BCUT2D eigenvalue weighted by molar-refractivity contribution is -0.160. The molecule has 10 heteroatoms. The molecule has 0 nitrogen and oxygen atoms in total. The highest BCUT2D eigenvalue weighted by molar-refractivity contribution is 9.25. The molecule has 0 radical (unpaired) electrons. The number of hydrogen-bond acceptors (Lipinski definition) is 0. The van der Waals surface area contributed by atoms with E-state index in [9.17, 15) is 22.0 Å². The molecule has 1 aliphatic carbocycles. The zero-order valence-electron chi connectivity index (χ0n) is 9.52. The van der Waals surface area contributed by atoms with Gasteiger partial charge in [0.15, 0.2) is 0 Å². The van der Waals surface area contributed by atoms with E-state index in [1.54, 1.807) is 31.9 Å². The number of halogens is 10. The largest absolute Gasteiger partial charge is 0.443 e. The molecule has 1 rings (SSSR count). The van der Waals surface area contributed by atoms with Crippen molar-refractivity contribution in [1.29, 1.82) is 0 Å². The maximum atomic E-state index is 11.6. The lowest BCUT2D eigenvalue weighted by Gasteiger charge is -2.12. The van der Waals surface area contributed by atoms with E-state index in [1.165, 1.54) is 38.5 Å². The molecule has 1 aliphatic rings. The van der Waals surface area contributed by atoms with Gasteiger partial charge in [0.1, 0.15) is 0 Å². The van der Waals surface area contributed by atoms with Crippen molar-refractivity contribution in [3.63, 3.8) is 0 Å². The Morgan fingerprint density at radius 3 is 0.789 bits per heavy atom. The molecule has 0 saturated heterocycles. The van der Waals surface area contributed by atoms with E-state index in [2.05, 4.69) is 34.8 Å². The Labute approximate surface area is 140 Å². The second-order valence-electron chi connectivity index (χ2n) is 3.55. The first-order valence-electron chi connectivity index (χ1n) is 5.14. The van der Waals surface area contributed by atoms with Crippen LogP contribution in [0.1, 0.15) is 38.5 Å². The van der Waals surface area contributed by atoms with Crippen LogP contribution < -0.4 is 0 Å². The third kappa shape index (κ3) is 21.9. The Balaban J connectivity index is 0. The van der Waals surface area contributed by atoms with Crippen molar-refractivity contribution in [3.8, 4) is 0 Å². The average Bonchev–Trinajstić information content (AvgIpc) is 2.15. The van der Waals surface area contributed by atoms with Gasteiger partial charge in [-0.2, -0.15) is 17.6 Å². The predicted molar refractivity (Wildman–Crippen MR) is 76.8 cm³/mol. The summed E-state index contributed by atoms with van der Waals surface area (Å²) < 4.78 is 49.8. The van der Waals surface area contributed by atoms with Gasteiger partial charge in [-0.25, -0.2) is 4.39 Å². The quantitative estimate of drug-likeness (QED) is 0.247. The van der Waals surface area contributed by atoms with E-state index in [0.29, 0.717) is 0 Å². The molecular weight excluding hydrogens is 469 g/mol. The monoisotopic (exact) mass is 478 g/mol. The fraction of sp³-hybridized carbons (Fsp3) is 1.00. The van der Waals surface area contributed by atoms with Crippen LogP contribution in [0.5, 0.6) is 0 Å². The predicted octanol–water partition coefficient (Wildman–Crippen LogP) is 7.59. The molecule has 0 aromatic rings. The third-order valence-corrected chi connectivity index (χ3v) is 2.72. The van der Waals surface area contributed by atoms with Gasteiger partial charge in [0.2, 0.25) is 0 Å². The van der Waals surface area contributed by atoms with Gasteiger partial charge >= 0.3 is 13.7 Å². The Bertz CT molecular complexity index is 192. The fourth-order valence-corrected chi connectivity index (χ4v) is 1.06. The summed E-state index contributed by atoms with van der Waals surface area (Å²) in [6.45, 7) is 0. The maximum Gasteiger partial charge on any atom is 0.443 e. The van der Waals surface area contributed by atoms with Crippen LogP contribution in [-0.2, 0) is 0 Å². The topological polar surface area (TPSA) is 0 Å². The molecular formula is C9H12Br2Cl3F5. The summed E-state index contributed by atoms with van der Waals surface area (Å²) in [5, 5.41) is 0. The first kappa shape index (κ1) is 22.8. The van der Waals surface area contributed by atoms with Crippen LogP contribution in [0, 0.1) is 0 Å². The van der Waals surface area contributed by atoms with Crippen LogP contribution in [0.15, 0.2) is 0 Å². The minimum absolute atomic E-state index is 1.50. The Morgan fingerprint density at radius 2 is 0.737 bits per heavy atom. The van der Waals surface area contributed by atoms with Crippen LogP contribution in [0.4, 0.5) is 22.0 Å². The first-order chi connectivity index (χ1) is 8.25. The third-order valence-electron chi connectivity index (χ3n) is 1.82. The van der Waals surface area contributed by atoms with Crippen LogP contribution in [0.3, 0.4) is 0 Å². The molecule has 1 saturated carbocycles. The second kappa shape index (κ2) is 10.2. The summed E-state index contributed by atoms with van der Waals surface area (Å²) in [6.07, 6.45) is 4.10. The van der Waals surface area contributed by atoms with Gasteiger partial charge in [0.25, 0.3) is 0 Å². The Kier molecular flexibility index (Phi) is 12.3. The van der Waals surface area contributed by atoms with Crippen LogP contribution in [0.25, 0.3) is 0 Å². The van der Waals surface area contributed by atoms with Crippen molar-refractivity contribution in [1.82, 2.24) is 0 Å². The minimum Gasteiger partial charge on any atom is -0.208 e. The highest BCUT2D eigenvalue weighted by Gasteiger charge is 2.52. The molecule has 0 aromatic heterocycles. The van der Waals surface area contributed by atoms with Crippen molar-refractivity contribution in [2.24, 2.45) is 0 Å². The smallest absolute Gasteiger partial charge is 0.208 e. The van der Waals surface area contributed by atoms with Gasteiger partial charge in [0, 0.05) is 0 Å². The fourth-order valence-electron chi connectivity index (χ4n) is 1.06. The van der Waals surface area contributed by atoms with Crippen molar-refractivity contribution < 1.29 is 22.0 Å². The molecule has 0 spiro atoms. The molecule has 0 amide bonds. The second-order valence-corrected chi connectivity index (χ2v) is 8.94. The van der Waals surface area contributed by atoms with E-state index in [0.717, 1.165) is 0 Å². The summed E-state index contributed by atoms with van der Waals surface area (Å²) in [6, 6.07) is 0. The van der Waals surface area contributed by atoms with Gasteiger partial charge in [-0.3, -0.25) is 0 Å². The molecule has 0 unspecified atom stereocenters. The molecule has 1 fully saturated rings. The highest BCUT2D eigenvalue weighted by atomic mass is 79.9. The molecule has 0 bridgehead atoms. The molecule has 0 aliphatic heterocycles.